The van der Waals surface area contributed by atoms with Gasteiger partial charge in [-0.2, -0.15) is 0 Å². The monoisotopic (exact) mass is 644 g/mol. The molecule has 1 spiro atoms. The maximum atomic E-state index is 14.8. The highest BCUT2D eigenvalue weighted by molar-refractivity contribution is 6.91. The third-order valence-corrected chi connectivity index (χ3v) is 14.5. The van der Waals surface area contributed by atoms with Gasteiger partial charge in [0.05, 0.1) is 45.0 Å². The number of amides is 2. The first kappa shape index (κ1) is 31.9. The Balaban J connectivity index is 1.39. The van der Waals surface area contributed by atoms with Gasteiger partial charge in [0.15, 0.2) is 5.60 Å². The minimum atomic E-state index is -2.38. The van der Waals surface area contributed by atoms with Gasteiger partial charge in [-0.25, -0.2) is 0 Å². The second kappa shape index (κ2) is 12.3. The van der Waals surface area contributed by atoms with Crippen LogP contribution in [0.4, 0.5) is 17.1 Å². The molecule has 3 heterocycles. The van der Waals surface area contributed by atoms with Gasteiger partial charge >= 0.3 is 0 Å². The largest absolute Gasteiger partial charge is 0.497 e. The summed E-state index contributed by atoms with van der Waals surface area (Å²) in [7, 11) is -0.757. The van der Waals surface area contributed by atoms with Crippen molar-refractivity contribution in [2.75, 3.05) is 43.2 Å². The summed E-state index contributed by atoms with van der Waals surface area (Å²) in [6, 6.07) is 20.2. The second-order valence-corrected chi connectivity index (χ2v) is 17.6. The van der Waals surface area contributed by atoms with Crippen molar-refractivity contribution in [1.29, 1.82) is 0 Å². The normalized spacial score (nSPS) is 24.5. The van der Waals surface area contributed by atoms with Crippen molar-refractivity contribution in [3.63, 3.8) is 0 Å². The molecule has 3 aromatic carbocycles. The molecule has 4 atom stereocenters. The van der Waals surface area contributed by atoms with Crippen LogP contribution in [0, 0.1) is 16.0 Å². The molecular weight excluding hydrogens is 604 g/mol. The van der Waals surface area contributed by atoms with Gasteiger partial charge in [0.2, 0.25) is 5.91 Å². The Morgan fingerprint density at radius 3 is 2.46 bits per heavy atom. The quantitative estimate of drug-likeness (QED) is 0.205. The Morgan fingerprint density at radius 1 is 1.11 bits per heavy atom. The molecule has 11 nitrogen and oxygen atoms in total. The number of hydrogen-bond donors (Lipinski definition) is 2. The predicted molar refractivity (Wildman–Crippen MR) is 177 cm³/mol. The van der Waals surface area contributed by atoms with Crippen molar-refractivity contribution in [3.8, 4) is 5.75 Å². The van der Waals surface area contributed by atoms with Crippen LogP contribution < -0.4 is 25.0 Å². The smallest absolute Gasteiger partial charge is 0.269 e. The summed E-state index contributed by atoms with van der Waals surface area (Å²) in [6.07, 6.45) is -0.0942. The van der Waals surface area contributed by atoms with Gasteiger partial charge in [0, 0.05) is 49.0 Å². The fraction of sp³-hybridized carbons (Fsp3) is 0.412. The molecule has 46 heavy (non-hydrogen) atoms. The number of non-ortho nitro benzene ring substituents is 1. The highest BCUT2D eigenvalue weighted by atomic mass is 28.3. The molecular formula is C34H40N4O7Si. The molecule has 6 rings (SSSR count). The Kier molecular flexibility index (Phi) is 8.49. The third-order valence-electron chi connectivity index (χ3n) is 10.1. The van der Waals surface area contributed by atoms with E-state index in [0.29, 0.717) is 30.8 Å². The highest BCUT2D eigenvalue weighted by Crippen LogP contribution is 2.60. The number of rotatable bonds is 9. The van der Waals surface area contributed by atoms with Gasteiger partial charge in [-0.1, -0.05) is 49.5 Å². The average molecular weight is 645 g/mol. The summed E-state index contributed by atoms with van der Waals surface area (Å²) in [4.78, 5) is 42.1. The zero-order valence-electron chi connectivity index (χ0n) is 26.6. The van der Waals surface area contributed by atoms with Crippen LogP contribution in [0.1, 0.15) is 24.5 Å². The van der Waals surface area contributed by atoms with Crippen molar-refractivity contribution in [1.82, 2.24) is 5.32 Å². The van der Waals surface area contributed by atoms with Crippen molar-refractivity contribution < 1.29 is 29.1 Å². The molecule has 3 aliphatic heterocycles. The maximum absolute atomic E-state index is 14.8. The molecule has 3 aromatic rings. The van der Waals surface area contributed by atoms with E-state index in [9.17, 15) is 24.8 Å². The van der Waals surface area contributed by atoms with Crippen molar-refractivity contribution >= 4 is 42.1 Å². The minimum absolute atomic E-state index is 0.00616. The third kappa shape index (κ3) is 5.19. The molecule has 242 valence electrons. The van der Waals surface area contributed by atoms with Crippen LogP contribution >= 0.6 is 0 Å². The Bertz CT molecular complexity index is 1650. The van der Waals surface area contributed by atoms with E-state index in [4.69, 9.17) is 9.47 Å². The highest BCUT2D eigenvalue weighted by Gasteiger charge is 2.66. The summed E-state index contributed by atoms with van der Waals surface area (Å²) < 4.78 is 12.2. The van der Waals surface area contributed by atoms with Crippen molar-refractivity contribution in [3.05, 3.63) is 88.0 Å². The Hall–Kier alpha value is -4.10. The number of carbonyl (C=O) groups is 2. The molecule has 2 saturated heterocycles. The number of aliphatic hydroxyl groups excluding tert-OH is 1. The molecule has 0 saturated carbocycles. The van der Waals surface area contributed by atoms with Gasteiger partial charge in [-0.15, -0.1) is 0 Å². The van der Waals surface area contributed by atoms with Crippen molar-refractivity contribution in [2.24, 2.45) is 5.92 Å². The number of nitro groups is 1. The first-order chi connectivity index (χ1) is 22.0. The number of piperazine rings is 1. The van der Waals surface area contributed by atoms with Gasteiger partial charge in [0.1, 0.15) is 5.75 Å². The molecule has 0 aliphatic carbocycles. The summed E-state index contributed by atoms with van der Waals surface area (Å²) >= 11 is 0. The van der Waals surface area contributed by atoms with Crippen LogP contribution in [-0.4, -0.2) is 69.4 Å². The maximum Gasteiger partial charge on any atom is 0.269 e. The number of nitro benzene ring substituents is 1. The molecule has 0 radical (unpaired) electrons. The second-order valence-electron chi connectivity index (χ2n) is 12.9. The summed E-state index contributed by atoms with van der Waals surface area (Å²) in [5, 5.41) is 26.3. The lowest BCUT2D eigenvalue weighted by Gasteiger charge is -2.37. The SMILES string of the molecule is COc1ccc([Si](C)(C)[C@@H]2[C@@H](CCO)O[C@]3(C(=O)N(Cc4ccc(N5CCNCC5=O)cc4)c4ccc([N+](=O)[O-])cc43)[C@H]2C)cc1. The Labute approximate surface area is 269 Å². The lowest BCUT2D eigenvalue weighted by molar-refractivity contribution is -0.385. The number of methoxy groups -OCH3 is 1. The van der Waals surface area contributed by atoms with Crippen LogP contribution in [0.3, 0.4) is 0 Å². The van der Waals surface area contributed by atoms with E-state index in [2.05, 4.69) is 30.5 Å². The lowest BCUT2D eigenvalue weighted by atomic mass is 9.82. The van der Waals surface area contributed by atoms with E-state index in [1.165, 1.54) is 17.3 Å². The molecule has 2 N–H and O–H groups in total. The zero-order valence-corrected chi connectivity index (χ0v) is 27.6. The first-order valence-electron chi connectivity index (χ1n) is 15.7. The van der Waals surface area contributed by atoms with E-state index >= 15 is 0 Å². The van der Waals surface area contributed by atoms with E-state index in [0.717, 1.165) is 23.5 Å². The predicted octanol–water partition coefficient (Wildman–Crippen LogP) is 3.68. The van der Waals surface area contributed by atoms with Gasteiger partial charge in [-0.3, -0.25) is 19.7 Å². The molecule has 0 bridgehead atoms. The van der Waals surface area contributed by atoms with Crippen LogP contribution in [0.5, 0.6) is 5.75 Å². The molecule has 0 unspecified atom stereocenters. The number of anilines is 2. The molecule has 2 fully saturated rings. The van der Waals surface area contributed by atoms with Gasteiger partial charge in [-0.05, 0) is 47.9 Å². The van der Waals surface area contributed by atoms with E-state index in [1.807, 2.05) is 43.3 Å². The van der Waals surface area contributed by atoms with Gasteiger partial charge in [0.25, 0.3) is 11.6 Å². The number of ether oxygens (including phenoxy) is 2. The van der Waals surface area contributed by atoms with Crippen LogP contribution in [0.25, 0.3) is 0 Å². The number of nitrogens with zero attached hydrogens (tertiary/aromatic N) is 3. The van der Waals surface area contributed by atoms with E-state index in [1.54, 1.807) is 23.0 Å². The van der Waals surface area contributed by atoms with Crippen LogP contribution in [0.15, 0.2) is 66.7 Å². The average Bonchev–Trinajstić information content (AvgIpc) is 3.48. The number of benzene rings is 3. The van der Waals surface area contributed by atoms with Crippen molar-refractivity contribution in [2.45, 2.75) is 50.2 Å². The summed E-state index contributed by atoms with van der Waals surface area (Å²) in [5.41, 5.74) is 1.08. The zero-order chi connectivity index (χ0) is 32.8. The van der Waals surface area contributed by atoms with Gasteiger partial charge < -0.3 is 29.7 Å². The Morgan fingerprint density at radius 2 is 1.83 bits per heavy atom. The first-order valence-corrected chi connectivity index (χ1v) is 18.7. The number of fused-ring (bicyclic) bond motifs is 2. The number of aliphatic hydroxyl groups is 1. The lowest BCUT2D eigenvalue weighted by Crippen LogP contribution is -2.51. The van der Waals surface area contributed by atoms with Crippen LogP contribution in [-0.2, 0) is 26.5 Å². The van der Waals surface area contributed by atoms with Crippen LogP contribution in [0.2, 0.25) is 18.6 Å². The number of carbonyl (C=O) groups excluding carboxylic acids is 2. The topological polar surface area (TPSA) is 134 Å². The minimum Gasteiger partial charge on any atom is -0.497 e. The molecule has 2 amide bonds. The number of hydrogen-bond acceptors (Lipinski definition) is 8. The standard InChI is InChI=1S/C34H40N4O7Si/c1-22-32(46(3,4)27-12-10-26(44-2)11-13-27)30(15-18-39)45-34(22)28-19-25(38(42)43)9-14-29(28)37(33(34)41)21-23-5-7-24(8-6-23)36-17-16-35-20-31(36)40/h5-14,19,22,30,32,35,39H,15-18,20-21H2,1-4H3/t22-,30+,32-,34+/m0/s1. The summed E-state index contributed by atoms with van der Waals surface area (Å²) in [6.45, 7) is 8.23. The molecule has 0 aromatic heterocycles. The molecule has 12 heteroatoms. The molecule has 3 aliphatic rings. The van der Waals surface area contributed by atoms with E-state index < -0.39 is 24.7 Å². The number of nitrogens with one attached hydrogen (secondary N) is 1. The fourth-order valence-corrected chi connectivity index (χ4v) is 11.9. The fourth-order valence-electron chi connectivity index (χ4n) is 7.81. The summed E-state index contributed by atoms with van der Waals surface area (Å²) in [5.74, 6) is 0.156. The van der Waals surface area contributed by atoms with E-state index in [-0.39, 0.29) is 42.1 Å².